The van der Waals surface area contributed by atoms with Crippen LogP contribution < -0.4 is 10.2 Å². The van der Waals surface area contributed by atoms with Crippen LogP contribution in [0.15, 0.2) is 18.2 Å². The fourth-order valence-electron chi connectivity index (χ4n) is 2.89. The van der Waals surface area contributed by atoms with Crippen LogP contribution in [0.3, 0.4) is 0 Å². The molecule has 1 aliphatic heterocycles. The second kappa shape index (κ2) is 5.72. The number of nitrogens with one attached hydrogen (secondary N) is 1. The molecule has 2 aliphatic rings. The van der Waals surface area contributed by atoms with Gasteiger partial charge in [-0.3, -0.25) is 9.59 Å². The average Bonchev–Trinajstić information content (AvgIpc) is 3.24. The summed E-state index contributed by atoms with van der Waals surface area (Å²) < 4.78 is 0. The van der Waals surface area contributed by atoms with Crippen LogP contribution in [-0.4, -0.2) is 35.6 Å². The van der Waals surface area contributed by atoms with E-state index in [0.717, 1.165) is 36.1 Å². The molecule has 1 heterocycles. The molecule has 1 aromatic carbocycles. The minimum Gasteiger partial charge on any atom is -0.391 e. The van der Waals surface area contributed by atoms with Crippen molar-refractivity contribution in [3.63, 3.8) is 0 Å². The van der Waals surface area contributed by atoms with Gasteiger partial charge >= 0.3 is 0 Å². The summed E-state index contributed by atoms with van der Waals surface area (Å²) in [4.78, 5) is 26.4. The van der Waals surface area contributed by atoms with E-state index in [1.54, 1.807) is 11.8 Å². The third-order valence-electron chi connectivity index (χ3n) is 4.40. The Morgan fingerprint density at radius 3 is 2.73 bits per heavy atom. The molecular formula is C17H22N2O3. The SMILES string of the molecule is Cc1ccc2c(c1)N(C(=O)C(NC(=O)C1CC1)C(C)O)CC2. The lowest BCUT2D eigenvalue weighted by atomic mass is 10.1. The highest BCUT2D eigenvalue weighted by atomic mass is 16.3. The lowest BCUT2D eigenvalue weighted by molar-refractivity contribution is -0.130. The van der Waals surface area contributed by atoms with E-state index in [0.29, 0.717) is 6.54 Å². The molecule has 5 heteroatoms. The molecule has 0 saturated heterocycles. The molecule has 3 rings (SSSR count). The number of hydrogen-bond acceptors (Lipinski definition) is 3. The lowest BCUT2D eigenvalue weighted by Gasteiger charge is -2.26. The van der Waals surface area contributed by atoms with Gasteiger partial charge < -0.3 is 15.3 Å². The maximum Gasteiger partial charge on any atom is 0.252 e. The van der Waals surface area contributed by atoms with Crippen LogP contribution in [0, 0.1) is 12.8 Å². The normalized spacial score (nSPS) is 19.5. The van der Waals surface area contributed by atoms with Crippen molar-refractivity contribution in [2.24, 2.45) is 5.92 Å². The van der Waals surface area contributed by atoms with Crippen molar-refractivity contribution in [3.05, 3.63) is 29.3 Å². The van der Waals surface area contributed by atoms with Crippen LogP contribution in [0.4, 0.5) is 5.69 Å². The Kier molecular flexibility index (Phi) is 3.91. The number of rotatable bonds is 4. The van der Waals surface area contributed by atoms with Gasteiger partial charge in [-0.25, -0.2) is 0 Å². The molecule has 0 aromatic heterocycles. The number of aliphatic hydroxyl groups excluding tert-OH is 1. The summed E-state index contributed by atoms with van der Waals surface area (Å²) in [6, 6.07) is 5.19. The van der Waals surface area contributed by atoms with E-state index < -0.39 is 12.1 Å². The molecule has 2 atom stereocenters. The van der Waals surface area contributed by atoms with Crippen molar-refractivity contribution in [1.29, 1.82) is 0 Å². The van der Waals surface area contributed by atoms with Gasteiger partial charge in [0.05, 0.1) is 6.10 Å². The van der Waals surface area contributed by atoms with Gasteiger partial charge in [-0.15, -0.1) is 0 Å². The maximum atomic E-state index is 12.8. The number of benzene rings is 1. The number of nitrogens with zero attached hydrogens (tertiary/aromatic N) is 1. The van der Waals surface area contributed by atoms with Crippen LogP contribution in [-0.2, 0) is 16.0 Å². The van der Waals surface area contributed by atoms with E-state index in [-0.39, 0.29) is 17.7 Å². The van der Waals surface area contributed by atoms with Crippen LogP contribution >= 0.6 is 0 Å². The van der Waals surface area contributed by atoms with Gasteiger partial charge in [0, 0.05) is 18.2 Å². The summed E-state index contributed by atoms with van der Waals surface area (Å²) in [6.45, 7) is 4.13. The Morgan fingerprint density at radius 2 is 2.09 bits per heavy atom. The van der Waals surface area contributed by atoms with E-state index in [9.17, 15) is 14.7 Å². The number of aryl methyl sites for hydroxylation is 1. The topological polar surface area (TPSA) is 69.6 Å². The van der Waals surface area contributed by atoms with Crippen LogP contribution in [0.5, 0.6) is 0 Å². The minimum absolute atomic E-state index is 0.0159. The molecule has 2 N–H and O–H groups in total. The van der Waals surface area contributed by atoms with Crippen molar-refractivity contribution >= 4 is 17.5 Å². The van der Waals surface area contributed by atoms with E-state index >= 15 is 0 Å². The van der Waals surface area contributed by atoms with Gasteiger partial charge in [0.1, 0.15) is 6.04 Å². The predicted octanol–water partition coefficient (Wildman–Crippen LogP) is 1.16. The Bertz CT molecular complexity index is 608. The van der Waals surface area contributed by atoms with Gasteiger partial charge in [-0.2, -0.15) is 0 Å². The second-order valence-electron chi connectivity index (χ2n) is 6.37. The fraction of sp³-hybridized carbons (Fsp3) is 0.529. The zero-order chi connectivity index (χ0) is 15.9. The Balaban J connectivity index is 1.79. The molecule has 0 radical (unpaired) electrons. The van der Waals surface area contributed by atoms with Crippen LogP contribution in [0.2, 0.25) is 0 Å². The first-order valence-electron chi connectivity index (χ1n) is 7.86. The summed E-state index contributed by atoms with van der Waals surface area (Å²) in [5, 5.41) is 12.7. The van der Waals surface area contributed by atoms with Crippen LogP contribution in [0.25, 0.3) is 0 Å². The Hall–Kier alpha value is -1.88. The van der Waals surface area contributed by atoms with Gasteiger partial charge in [-0.1, -0.05) is 12.1 Å². The van der Waals surface area contributed by atoms with E-state index in [1.165, 1.54) is 0 Å². The Morgan fingerprint density at radius 1 is 1.36 bits per heavy atom. The molecule has 0 spiro atoms. The molecular weight excluding hydrogens is 280 g/mol. The molecule has 1 saturated carbocycles. The number of fused-ring (bicyclic) bond motifs is 1. The molecule has 118 valence electrons. The molecule has 5 nitrogen and oxygen atoms in total. The minimum atomic E-state index is -0.913. The largest absolute Gasteiger partial charge is 0.391 e. The first kappa shape index (κ1) is 15.0. The molecule has 2 amide bonds. The van der Waals surface area contributed by atoms with E-state index in [1.807, 2.05) is 25.1 Å². The number of anilines is 1. The smallest absolute Gasteiger partial charge is 0.252 e. The number of amides is 2. The average molecular weight is 302 g/mol. The molecule has 22 heavy (non-hydrogen) atoms. The van der Waals surface area contributed by atoms with Crippen molar-refractivity contribution in [2.45, 2.75) is 45.3 Å². The van der Waals surface area contributed by atoms with Crippen LogP contribution in [0.1, 0.15) is 30.9 Å². The molecule has 0 bridgehead atoms. The van der Waals surface area contributed by atoms with Gasteiger partial charge in [-0.05, 0) is 50.3 Å². The number of hydrogen-bond donors (Lipinski definition) is 2. The summed E-state index contributed by atoms with van der Waals surface area (Å²) in [5.41, 5.74) is 3.13. The van der Waals surface area contributed by atoms with Gasteiger partial charge in [0.25, 0.3) is 5.91 Å². The number of aliphatic hydroxyl groups is 1. The van der Waals surface area contributed by atoms with E-state index in [2.05, 4.69) is 5.32 Å². The highest BCUT2D eigenvalue weighted by Gasteiger charge is 2.37. The highest BCUT2D eigenvalue weighted by molar-refractivity contribution is 6.01. The third kappa shape index (κ3) is 2.86. The third-order valence-corrected chi connectivity index (χ3v) is 4.40. The lowest BCUT2D eigenvalue weighted by Crippen LogP contribution is -2.54. The van der Waals surface area contributed by atoms with Gasteiger partial charge in [0.15, 0.2) is 0 Å². The molecule has 1 aromatic rings. The standard InChI is InChI=1S/C17H22N2O3/c1-10-3-4-12-7-8-19(14(12)9-10)17(22)15(11(2)20)18-16(21)13-5-6-13/h3-4,9,11,13,15,20H,5-8H2,1-2H3,(H,18,21). The first-order chi connectivity index (χ1) is 10.5. The van der Waals surface area contributed by atoms with Gasteiger partial charge in [0.2, 0.25) is 5.91 Å². The quantitative estimate of drug-likeness (QED) is 0.877. The van der Waals surface area contributed by atoms with E-state index in [4.69, 9.17) is 0 Å². The molecule has 1 fully saturated rings. The second-order valence-corrected chi connectivity index (χ2v) is 6.37. The van der Waals surface area contributed by atoms with Crippen molar-refractivity contribution in [1.82, 2.24) is 5.32 Å². The summed E-state index contributed by atoms with van der Waals surface area (Å²) >= 11 is 0. The summed E-state index contributed by atoms with van der Waals surface area (Å²) in [6.07, 6.45) is 1.64. The predicted molar refractivity (Wildman–Crippen MR) is 83.6 cm³/mol. The number of carbonyl (C=O) groups excluding carboxylic acids is 2. The van der Waals surface area contributed by atoms with Crippen molar-refractivity contribution < 1.29 is 14.7 Å². The van der Waals surface area contributed by atoms with Crippen molar-refractivity contribution in [2.75, 3.05) is 11.4 Å². The zero-order valence-corrected chi connectivity index (χ0v) is 13.0. The fourth-order valence-corrected chi connectivity index (χ4v) is 2.89. The Labute approximate surface area is 130 Å². The monoisotopic (exact) mass is 302 g/mol. The summed E-state index contributed by atoms with van der Waals surface area (Å²) in [7, 11) is 0. The highest BCUT2D eigenvalue weighted by Crippen LogP contribution is 2.31. The first-order valence-corrected chi connectivity index (χ1v) is 7.86. The molecule has 2 unspecified atom stereocenters. The molecule has 1 aliphatic carbocycles. The van der Waals surface area contributed by atoms with Crippen molar-refractivity contribution in [3.8, 4) is 0 Å². The summed E-state index contributed by atoms with van der Waals surface area (Å²) in [5.74, 6) is -0.335. The number of carbonyl (C=O) groups is 2. The zero-order valence-electron chi connectivity index (χ0n) is 13.0. The maximum absolute atomic E-state index is 12.8.